The Labute approximate surface area is 121 Å². The highest BCUT2D eigenvalue weighted by Crippen LogP contribution is 2.30. The van der Waals surface area contributed by atoms with Crippen LogP contribution in [0.15, 0.2) is 10.5 Å². The Morgan fingerprint density at radius 2 is 2.20 bits per heavy atom. The van der Waals surface area contributed by atoms with Gasteiger partial charge in [0.1, 0.15) is 11.5 Å². The van der Waals surface area contributed by atoms with Crippen molar-refractivity contribution in [3.63, 3.8) is 0 Å². The van der Waals surface area contributed by atoms with E-state index >= 15 is 0 Å². The summed E-state index contributed by atoms with van der Waals surface area (Å²) in [4.78, 5) is 5.12. The molecule has 2 N–H and O–H groups in total. The molecule has 112 valence electrons. The van der Waals surface area contributed by atoms with Crippen molar-refractivity contribution in [2.24, 2.45) is 11.7 Å². The first kappa shape index (κ1) is 14.1. The fourth-order valence-corrected chi connectivity index (χ4v) is 3.96. The van der Waals surface area contributed by atoms with E-state index in [1.807, 2.05) is 0 Å². The molecule has 0 radical (unpaired) electrons. The molecule has 0 bridgehead atoms. The first-order chi connectivity index (χ1) is 9.67. The molecule has 4 heteroatoms. The number of aryl methyl sites for hydroxylation is 1. The molecule has 0 amide bonds. The number of furan rings is 1. The van der Waals surface area contributed by atoms with Gasteiger partial charge in [0.15, 0.2) is 0 Å². The van der Waals surface area contributed by atoms with Gasteiger partial charge in [0.25, 0.3) is 0 Å². The van der Waals surface area contributed by atoms with Crippen LogP contribution in [-0.2, 0) is 13.1 Å². The predicted octanol–water partition coefficient (Wildman–Crippen LogP) is 1.96. The minimum atomic E-state index is 0.501. The largest absolute Gasteiger partial charge is 0.463 e. The van der Waals surface area contributed by atoms with E-state index < -0.39 is 0 Å². The quantitative estimate of drug-likeness (QED) is 0.917. The zero-order valence-corrected chi connectivity index (χ0v) is 12.8. The van der Waals surface area contributed by atoms with Crippen LogP contribution in [0.5, 0.6) is 0 Å². The van der Waals surface area contributed by atoms with E-state index in [9.17, 15) is 0 Å². The molecule has 1 aromatic rings. The Balaban J connectivity index is 1.61. The first-order valence-electron chi connectivity index (χ1n) is 7.88. The molecular formula is C16H27N3O. The number of nitrogens with zero attached hydrogens (tertiary/aromatic N) is 2. The van der Waals surface area contributed by atoms with E-state index in [0.717, 1.165) is 30.0 Å². The molecule has 2 fully saturated rings. The number of hydrogen-bond acceptors (Lipinski definition) is 4. The van der Waals surface area contributed by atoms with Crippen LogP contribution in [-0.4, -0.2) is 42.5 Å². The van der Waals surface area contributed by atoms with E-state index in [0.29, 0.717) is 6.54 Å². The second kappa shape index (κ2) is 5.88. The van der Waals surface area contributed by atoms with Crippen LogP contribution >= 0.6 is 0 Å². The monoisotopic (exact) mass is 277 g/mol. The molecule has 0 spiro atoms. The molecule has 2 aliphatic rings. The summed E-state index contributed by atoms with van der Waals surface area (Å²) < 4.78 is 5.85. The summed E-state index contributed by atoms with van der Waals surface area (Å²) in [7, 11) is 2.29. The second-order valence-corrected chi connectivity index (χ2v) is 6.50. The average Bonchev–Trinajstić information content (AvgIpc) is 2.79. The summed E-state index contributed by atoms with van der Waals surface area (Å²) in [5.41, 5.74) is 6.88. The number of likely N-dealkylation sites (tertiary alicyclic amines) is 2. The van der Waals surface area contributed by atoms with Gasteiger partial charge in [-0.2, -0.15) is 0 Å². The molecule has 2 saturated heterocycles. The van der Waals surface area contributed by atoms with Gasteiger partial charge < -0.3 is 15.1 Å². The molecule has 20 heavy (non-hydrogen) atoms. The van der Waals surface area contributed by atoms with E-state index in [2.05, 4.69) is 29.8 Å². The van der Waals surface area contributed by atoms with Gasteiger partial charge in [-0.3, -0.25) is 4.90 Å². The minimum Gasteiger partial charge on any atom is -0.463 e. The Morgan fingerprint density at radius 3 is 2.95 bits per heavy atom. The summed E-state index contributed by atoms with van der Waals surface area (Å²) in [6.07, 6.45) is 4.03. The zero-order valence-electron chi connectivity index (χ0n) is 12.8. The smallest absolute Gasteiger partial charge is 0.120 e. The van der Waals surface area contributed by atoms with Gasteiger partial charge in [-0.1, -0.05) is 0 Å². The number of fused-ring (bicyclic) bond motifs is 1. The molecule has 0 saturated carbocycles. The highest BCUT2D eigenvalue weighted by atomic mass is 16.3. The lowest BCUT2D eigenvalue weighted by Crippen LogP contribution is -2.52. The average molecular weight is 277 g/mol. The van der Waals surface area contributed by atoms with E-state index in [4.69, 9.17) is 10.2 Å². The van der Waals surface area contributed by atoms with Gasteiger partial charge in [0, 0.05) is 19.1 Å². The molecule has 2 unspecified atom stereocenters. The third-order valence-electron chi connectivity index (χ3n) is 5.07. The van der Waals surface area contributed by atoms with Crippen molar-refractivity contribution in [3.8, 4) is 0 Å². The van der Waals surface area contributed by atoms with Crippen molar-refractivity contribution in [3.05, 3.63) is 23.2 Å². The lowest BCUT2D eigenvalue weighted by atomic mass is 9.84. The number of rotatable bonds is 3. The summed E-state index contributed by atoms with van der Waals surface area (Å²) >= 11 is 0. The summed E-state index contributed by atoms with van der Waals surface area (Å²) in [5.74, 6) is 2.85. The van der Waals surface area contributed by atoms with Crippen LogP contribution in [0.25, 0.3) is 0 Å². The molecular weight excluding hydrogens is 250 g/mol. The standard InChI is InChI=1S/C16H27N3O/c1-12-8-14(20-16(12)9-17)11-19-7-5-15-13(10-19)4-3-6-18(15)2/h8,13,15H,3-7,9-11,17H2,1-2H3. The van der Waals surface area contributed by atoms with Gasteiger partial charge >= 0.3 is 0 Å². The van der Waals surface area contributed by atoms with Crippen LogP contribution in [0.4, 0.5) is 0 Å². The summed E-state index contributed by atoms with van der Waals surface area (Å²) in [6, 6.07) is 2.96. The SMILES string of the molecule is Cc1cc(CN2CCC3C(CCCN3C)C2)oc1CN. The van der Waals surface area contributed by atoms with Crippen molar-refractivity contribution in [1.29, 1.82) is 0 Å². The molecule has 1 aromatic heterocycles. The fraction of sp³-hybridized carbons (Fsp3) is 0.750. The molecule has 0 aromatic carbocycles. The molecule has 2 atom stereocenters. The van der Waals surface area contributed by atoms with Crippen molar-refractivity contribution >= 4 is 0 Å². The maximum Gasteiger partial charge on any atom is 0.120 e. The van der Waals surface area contributed by atoms with Gasteiger partial charge in [-0.05, 0) is 57.3 Å². The number of piperidine rings is 2. The van der Waals surface area contributed by atoms with Gasteiger partial charge in [-0.15, -0.1) is 0 Å². The Bertz CT molecular complexity index is 457. The third kappa shape index (κ3) is 2.78. The van der Waals surface area contributed by atoms with Gasteiger partial charge in [0.05, 0.1) is 13.1 Å². The van der Waals surface area contributed by atoms with Crippen molar-refractivity contribution in [2.45, 2.75) is 45.3 Å². The zero-order chi connectivity index (χ0) is 14.1. The van der Waals surface area contributed by atoms with Crippen molar-refractivity contribution in [2.75, 3.05) is 26.7 Å². The molecule has 3 heterocycles. The minimum absolute atomic E-state index is 0.501. The van der Waals surface area contributed by atoms with Crippen LogP contribution in [0, 0.1) is 12.8 Å². The Hall–Kier alpha value is -0.840. The number of hydrogen-bond donors (Lipinski definition) is 1. The summed E-state index contributed by atoms with van der Waals surface area (Å²) in [6.45, 7) is 7.20. The normalized spacial score (nSPS) is 28.6. The third-order valence-corrected chi connectivity index (χ3v) is 5.07. The highest BCUT2D eigenvalue weighted by molar-refractivity contribution is 5.19. The van der Waals surface area contributed by atoms with Crippen molar-refractivity contribution in [1.82, 2.24) is 9.80 Å². The maximum atomic E-state index is 5.85. The van der Waals surface area contributed by atoms with Crippen LogP contribution < -0.4 is 5.73 Å². The van der Waals surface area contributed by atoms with Crippen LogP contribution in [0.1, 0.15) is 36.3 Å². The first-order valence-corrected chi connectivity index (χ1v) is 7.88. The Morgan fingerprint density at radius 1 is 1.35 bits per heavy atom. The summed E-state index contributed by atoms with van der Waals surface area (Å²) in [5, 5.41) is 0. The lowest BCUT2D eigenvalue weighted by Gasteiger charge is -2.45. The van der Waals surface area contributed by atoms with Crippen LogP contribution in [0.2, 0.25) is 0 Å². The van der Waals surface area contributed by atoms with E-state index in [1.54, 1.807) is 0 Å². The molecule has 0 aliphatic carbocycles. The molecule has 4 nitrogen and oxygen atoms in total. The van der Waals surface area contributed by atoms with Gasteiger partial charge in [0.2, 0.25) is 0 Å². The van der Waals surface area contributed by atoms with E-state index in [1.165, 1.54) is 44.5 Å². The highest BCUT2D eigenvalue weighted by Gasteiger charge is 2.34. The number of nitrogens with two attached hydrogens (primary N) is 1. The second-order valence-electron chi connectivity index (χ2n) is 6.50. The topological polar surface area (TPSA) is 45.6 Å². The van der Waals surface area contributed by atoms with E-state index in [-0.39, 0.29) is 0 Å². The fourth-order valence-electron chi connectivity index (χ4n) is 3.96. The van der Waals surface area contributed by atoms with Gasteiger partial charge in [-0.25, -0.2) is 0 Å². The van der Waals surface area contributed by atoms with Crippen LogP contribution in [0.3, 0.4) is 0 Å². The Kier molecular flexibility index (Phi) is 4.15. The van der Waals surface area contributed by atoms with Crippen molar-refractivity contribution < 1.29 is 4.42 Å². The predicted molar refractivity (Wildman–Crippen MR) is 80.4 cm³/mol. The maximum absolute atomic E-state index is 5.85. The molecule has 3 rings (SSSR count). The molecule has 2 aliphatic heterocycles. The lowest BCUT2D eigenvalue weighted by molar-refractivity contribution is 0.0329.